The van der Waals surface area contributed by atoms with Crippen LogP contribution in [-0.4, -0.2) is 171 Å². The number of aromatic hydroxyl groups is 8. The van der Waals surface area contributed by atoms with Gasteiger partial charge in [0.15, 0.2) is 11.6 Å². The molecule has 0 amide bonds. The van der Waals surface area contributed by atoms with Crippen LogP contribution in [0.3, 0.4) is 0 Å². The standard InChI is InChI=1S/C26H34N10.3C9H6N4O4S.C9H6N4O3S.2C7H7N3O2.C7H7N3O.CH5N3.Co.H2O/c1-31(23-11-7-21(8-12-23)27-29-25-33(3)17-18-34(25)4)15-16-32(2)24-13-9-22(10-14-24)28-30-26-35(5)19-20-36(26)6;3*14-5-1-2-6(7(15)3-5)11-12-9-10-4-8(18-9)13(16)17;14-7-3-1-6(2-4-7)11-12-9-10-5-8(17-9)13(15)16;2*8-4-9-10-6-2-1-5(11)3-7(6)12;8-5-9-10-6-1-3-7(11)4-2-6;2-1-4-3;;/h7-14,17-20H,15-16H2,1-6H3;2*1-4H,(H2,10,12,14,15);1-4,14-15H;1-5,14H;2*1-4,8,11-12H;1-5,8,11H;1H,3H2,(H2,2,4);;1H2/q+2;;;;;;;;;;/p-2. The maximum absolute atomic E-state index is 10.9. The van der Waals surface area contributed by atoms with Crippen LogP contribution in [0.4, 0.5) is 93.4 Å². The van der Waals surface area contributed by atoms with E-state index < -0.39 is 19.7 Å². The van der Waals surface area contributed by atoms with Crippen LogP contribution in [0.5, 0.6) is 46.0 Å². The molecule has 0 spiro atoms. The minimum absolute atomic E-state index is 0. The molecule has 0 saturated carbocycles. The number of imidazole rings is 2. The van der Waals surface area contributed by atoms with Gasteiger partial charge in [0.05, 0.1) is 84.0 Å². The number of hydrazone groups is 1. The van der Waals surface area contributed by atoms with Crippen molar-refractivity contribution in [3.05, 3.63) is 299 Å². The van der Waals surface area contributed by atoms with E-state index in [0.717, 1.165) is 174 Å². The first-order valence-corrected chi connectivity index (χ1v) is 43.5. The number of aromatic nitrogens is 8. The number of hydrogen-bond donors (Lipinski definition) is 15. The number of aliphatic hydroxyl groups is 2. The number of aryl methyl sites for hydroxylation is 4. The fourth-order valence-corrected chi connectivity index (χ4v) is 12.2. The van der Waals surface area contributed by atoms with E-state index in [1.807, 2.05) is 95.5 Å². The molecule has 2 aliphatic carbocycles. The third kappa shape index (κ3) is 41.0. The number of nitrogens with zero attached hydrogens (tertiary/aromatic N) is 33. The van der Waals surface area contributed by atoms with Gasteiger partial charge in [0.25, 0.3) is 0 Å². The number of rotatable bonds is 25. The summed E-state index contributed by atoms with van der Waals surface area (Å²) >= 11 is 3.12. The third-order valence-electron chi connectivity index (χ3n) is 17.0. The van der Waals surface area contributed by atoms with E-state index in [2.05, 4.69) is 177 Å². The van der Waals surface area contributed by atoms with Crippen LogP contribution in [0.1, 0.15) is 0 Å². The molecule has 6 aromatic heterocycles. The minimum atomic E-state index is -0.583. The normalized spacial score (nSPS) is 12.5. The summed E-state index contributed by atoms with van der Waals surface area (Å²) in [5.41, 5.74) is 10.4. The van der Waals surface area contributed by atoms with Gasteiger partial charge in [-0.15, -0.1) is 51.1 Å². The second-order valence-electron chi connectivity index (χ2n) is 27.4. The van der Waals surface area contributed by atoms with Gasteiger partial charge < -0.3 is 98.1 Å². The quantitative estimate of drug-likeness (QED) is 0.00369. The number of likely N-dealkylation sites (N-methyl/N-ethyl adjacent to an activating group) is 2. The van der Waals surface area contributed by atoms with E-state index in [1.165, 1.54) is 85.0 Å². The first-order valence-electron chi connectivity index (χ1n) is 40.2. The van der Waals surface area contributed by atoms with Gasteiger partial charge in [0, 0.05) is 118 Å². The molecule has 769 valence electrons. The Hall–Kier alpha value is -20.1. The number of azo groups is 7. The summed E-state index contributed by atoms with van der Waals surface area (Å²) in [7, 11) is 12.0. The van der Waals surface area contributed by atoms with Crippen LogP contribution < -0.4 is 50.1 Å². The summed E-state index contributed by atoms with van der Waals surface area (Å²) in [4.78, 5) is 80.5. The number of aliphatic hydroxyl groups excluding tert-OH is 2. The van der Waals surface area contributed by atoms with Gasteiger partial charge >= 0.3 is 31.9 Å². The summed E-state index contributed by atoms with van der Waals surface area (Å²) < 4.78 is 7.74. The molecule has 2 aliphatic rings. The molecule has 59 nitrogen and oxygen atoms in total. The van der Waals surface area contributed by atoms with E-state index in [1.54, 1.807) is 24.3 Å². The molecule has 15 rings (SSSR count). The Labute approximate surface area is 858 Å². The van der Waals surface area contributed by atoms with Crippen LogP contribution in [0, 0.1) is 56.7 Å². The summed E-state index contributed by atoms with van der Waals surface area (Å²) in [5, 5.41) is 223. The maximum atomic E-state index is 10.9. The number of anilines is 2. The number of carbonyl (C=O) groups excluding carboxylic acids is 2. The van der Waals surface area contributed by atoms with Gasteiger partial charge in [-0.25, -0.2) is 28.2 Å². The predicted molar refractivity (Wildman–Crippen MR) is 537 cm³/mol. The number of ketones is 2. The second kappa shape index (κ2) is 61.4. The van der Waals surface area contributed by atoms with Gasteiger partial charge in [-0.2, -0.15) is 5.10 Å². The van der Waals surface area contributed by atoms with E-state index in [-0.39, 0.29) is 160 Å². The molecule has 0 bridgehead atoms. The molecule has 0 aliphatic heterocycles. The molecule has 7 aromatic carbocycles. The molecule has 0 fully saturated rings. The summed E-state index contributed by atoms with van der Waals surface area (Å²) in [5.74, 6) is 4.31. The summed E-state index contributed by atoms with van der Waals surface area (Å²) in [6, 6.07) is 40.2. The second-order valence-corrected chi connectivity index (χ2v) is 31.3. The van der Waals surface area contributed by atoms with E-state index in [4.69, 9.17) is 52.0 Å². The number of carbonyl (C=O) groups is 2. The minimum Gasteiger partial charge on any atom is -0.508 e. The number of thiazole rings is 4. The Bertz CT molecular complexity index is 7010. The molecule has 19 N–H and O–H groups in total. The number of hydrogen-bond acceptors (Lipinski definition) is 48. The predicted octanol–water partition coefficient (Wildman–Crippen LogP) is 15.0. The van der Waals surface area contributed by atoms with Gasteiger partial charge in [0.2, 0.25) is 10.3 Å². The Morgan fingerprint density at radius 2 is 0.743 bits per heavy atom. The van der Waals surface area contributed by atoms with Crippen molar-refractivity contribution in [1.82, 2.24) is 29.1 Å². The van der Waals surface area contributed by atoms with Crippen molar-refractivity contribution < 1.29 is 112 Å². The number of nitro groups is 4. The van der Waals surface area contributed by atoms with Gasteiger partial charge in [-0.05, 0) is 180 Å². The third-order valence-corrected chi connectivity index (χ3v) is 20.3. The Morgan fingerprint density at radius 3 is 1.04 bits per heavy atom. The van der Waals surface area contributed by atoms with Gasteiger partial charge in [0.1, 0.15) is 135 Å². The summed E-state index contributed by atoms with van der Waals surface area (Å²) in [6.07, 6.45) is 22.6. The molecule has 1 radical (unpaired) electrons. The molecular weight excluding hydrogens is 2060 g/mol. The molecule has 6 heterocycles. The van der Waals surface area contributed by atoms with Crippen LogP contribution in [0.25, 0.3) is 0 Å². The van der Waals surface area contributed by atoms with Crippen molar-refractivity contribution in [1.29, 1.82) is 16.2 Å². The van der Waals surface area contributed by atoms with Crippen molar-refractivity contribution in [2.24, 2.45) is 137 Å². The number of allylic oxidation sites excluding steroid dienone is 6. The average molecular weight is 2150 g/mol. The molecule has 0 unspecified atom stereocenters. The topological polar surface area (TPSA) is 877 Å². The van der Waals surface area contributed by atoms with Crippen molar-refractivity contribution in [3.8, 4) is 46.0 Å². The zero-order valence-electron chi connectivity index (χ0n) is 77.2. The first-order chi connectivity index (χ1) is 69.8. The fourth-order valence-electron chi connectivity index (χ4n) is 9.98. The maximum Gasteiger partial charge on any atom is 0.421 e. The van der Waals surface area contributed by atoms with E-state index >= 15 is 0 Å². The molecule has 0 atom stereocenters. The van der Waals surface area contributed by atoms with Crippen LogP contribution in [0.15, 0.2) is 346 Å². The zero-order valence-corrected chi connectivity index (χ0v) is 81.5. The largest absolute Gasteiger partial charge is 0.508 e. The van der Waals surface area contributed by atoms with E-state index in [0.29, 0.717) is 11.4 Å². The van der Waals surface area contributed by atoms with Crippen molar-refractivity contribution in [2.45, 2.75) is 0 Å². The van der Waals surface area contributed by atoms with Crippen molar-refractivity contribution >= 4 is 187 Å². The van der Waals surface area contributed by atoms with Crippen molar-refractivity contribution in [3.63, 3.8) is 0 Å². The SMILES string of the molecule is CN(CCN(C)c1ccc(N=Nc2n(C)cc[n+]2C)cc1)c1ccc(N=Nc2n(C)cc[n+]2C)cc1.N/C=N\N.N=CN=Nc1ccc(O)cc1.N=CN=Nc1ccc(O)cc1O.N=CN=Nc1ccc(O)cc1O.O.O=C1C=CC(=NN=c2[n-]cc([N+](=O)[O-])s2)C(O)=C1.O=C1C=CC(=NN=c2[n-]cc([N+](=O)[O-])s2)C(O)=C1.O=[N+]([O-])c1cnc(N=Nc2ccc(O)cc2)s1.O=[N+]([O-])c1cnc(N=Nc2ccc(O)cc2O)s1.[Co]. The zero-order chi connectivity index (χ0) is 107. The fraction of sp³-hybridized carbons (Fsp3) is 0.0952. The Balaban J connectivity index is 0.000000304. The van der Waals surface area contributed by atoms with Crippen LogP contribution >= 0.6 is 45.3 Å². The summed E-state index contributed by atoms with van der Waals surface area (Å²) in [6.45, 7) is 1.75. The van der Waals surface area contributed by atoms with Gasteiger partial charge in [-0.1, -0.05) is 32.9 Å². The molecular formula is C84H84CoN38O21S4. The number of benzene rings is 7. The van der Waals surface area contributed by atoms with Crippen LogP contribution in [0.2, 0.25) is 0 Å². The smallest absolute Gasteiger partial charge is 0.421 e. The monoisotopic (exact) mass is 2150 g/mol. The number of nitrogens with two attached hydrogens (primary N) is 2. The molecule has 148 heavy (non-hydrogen) atoms. The molecule has 13 aromatic rings. The van der Waals surface area contributed by atoms with E-state index in [9.17, 15) is 65.4 Å². The van der Waals surface area contributed by atoms with Crippen molar-refractivity contribution in [2.75, 3.05) is 37.0 Å². The van der Waals surface area contributed by atoms with Crippen LogP contribution in [-0.2, 0) is 54.6 Å². The Kier molecular flexibility index (Phi) is 49.1. The average Bonchev–Trinajstić information content (AvgIpc) is 1.56. The van der Waals surface area contributed by atoms with Gasteiger partial charge in [-0.3, -0.25) is 76.5 Å². The first kappa shape index (κ1) is 118. The number of nitrogens with one attached hydrogen (secondary N) is 3. The number of phenols is 8. The number of phenolic OH excluding ortho intramolecular Hbond substituents is 8. The molecule has 64 heteroatoms. The molecule has 0 saturated heterocycles. The Morgan fingerprint density at radius 1 is 0.432 bits per heavy atom.